The predicted octanol–water partition coefficient (Wildman–Crippen LogP) is 7.42. The van der Waals surface area contributed by atoms with Crippen molar-refractivity contribution in [3.05, 3.63) is 70.7 Å². The number of hydrogen-bond donors (Lipinski definition) is 0. The van der Waals surface area contributed by atoms with Crippen molar-refractivity contribution in [3.63, 3.8) is 0 Å². The van der Waals surface area contributed by atoms with E-state index in [2.05, 4.69) is 89.6 Å². The van der Waals surface area contributed by atoms with E-state index >= 15 is 0 Å². The van der Waals surface area contributed by atoms with Crippen LogP contribution in [-0.2, 0) is 0 Å². The fraction of sp³-hybridized carbons (Fsp3) is 0.417. The second-order valence-electron chi connectivity index (χ2n) is 7.85. The largest absolute Gasteiger partial charge is 0.0867 e. The van der Waals surface area contributed by atoms with Gasteiger partial charge >= 0.3 is 0 Å². The molecular formula is C24H31BrSi. The molecule has 1 saturated heterocycles. The lowest BCUT2D eigenvalue weighted by atomic mass is 10.0. The van der Waals surface area contributed by atoms with Gasteiger partial charge in [0.1, 0.15) is 0 Å². The van der Waals surface area contributed by atoms with Gasteiger partial charge < -0.3 is 0 Å². The van der Waals surface area contributed by atoms with Crippen LogP contribution < -0.4 is 5.19 Å². The van der Waals surface area contributed by atoms with Gasteiger partial charge in [-0.3, -0.25) is 0 Å². The van der Waals surface area contributed by atoms with Gasteiger partial charge in [-0.05, 0) is 36.5 Å². The Morgan fingerprint density at radius 2 is 1.65 bits per heavy atom. The highest BCUT2D eigenvalue weighted by Crippen LogP contribution is 2.37. The van der Waals surface area contributed by atoms with E-state index < -0.39 is 8.07 Å². The number of rotatable bonds is 7. The summed E-state index contributed by atoms with van der Waals surface area (Å²) in [6, 6.07) is 24.6. The molecule has 2 aromatic carbocycles. The molecule has 1 heterocycles. The topological polar surface area (TPSA) is 0 Å². The summed E-state index contributed by atoms with van der Waals surface area (Å²) in [5, 5.41) is 1.71. The number of unbranched alkanes of at least 4 members (excludes halogenated alkanes) is 2. The lowest BCUT2D eigenvalue weighted by Crippen LogP contribution is -2.49. The molecule has 0 aliphatic carbocycles. The predicted molar refractivity (Wildman–Crippen MR) is 122 cm³/mol. The third-order valence-electron chi connectivity index (χ3n) is 6.06. The molecular weight excluding hydrogens is 396 g/mol. The quantitative estimate of drug-likeness (QED) is 0.319. The van der Waals surface area contributed by atoms with E-state index in [0.29, 0.717) is 0 Å². The van der Waals surface area contributed by atoms with Crippen LogP contribution in [0.2, 0.25) is 18.1 Å². The van der Waals surface area contributed by atoms with Crippen LogP contribution in [0.3, 0.4) is 0 Å². The molecule has 0 unspecified atom stereocenters. The van der Waals surface area contributed by atoms with Gasteiger partial charge in [0.05, 0.1) is 8.07 Å². The van der Waals surface area contributed by atoms with Crippen LogP contribution in [0.5, 0.6) is 0 Å². The summed E-state index contributed by atoms with van der Waals surface area (Å²) in [6.07, 6.45) is 11.7. The third-order valence-corrected chi connectivity index (χ3v) is 12.0. The summed E-state index contributed by atoms with van der Waals surface area (Å²) in [6.45, 7) is 2.32. The standard InChI is InChI=1S/C24H31BrSi/c1-2-3-7-18-26(24-8-5-4-6-9-24)19-16-22(17-20-26)11-10-21-12-14-23(25)15-13-21/h4-6,8-15,22H,2-3,7,16-20H2,1H3/b11-10+. The van der Waals surface area contributed by atoms with E-state index in [9.17, 15) is 0 Å². The van der Waals surface area contributed by atoms with Crippen molar-refractivity contribution in [2.45, 2.75) is 57.2 Å². The molecule has 0 bridgehead atoms. The Labute approximate surface area is 168 Å². The number of allylic oxidation sites excluding steroid dienone is 1. The maximum atomic E-state index is 3.51. The summed E-state index contributed by atoms with van der Waals surface area (Å²) in [5.74, 6) is 0.758. The van der Waals surface area contributed by atoms with Crippen molar-refractivity contribution in [1.29, 1.82) is 0 Å². The van der Waals surface area contributed by atoms with Crippen molar-refractivity contribution in [3.8, 4) is 0 Å². The first-order valence-electron chi connectivity index (χ1n) is 10.2. The summed E-state index contributed by atoms with van der Waals surface area (Å²) < 4.78 is 1.15. The summed E-state index contributed by atoms with van der Waals surface area (Å²) >= 11 is 3.51. The van der Waals surface area contributed by atoms with E-state index in [-0.39, 0.29) is 0 Å². The highest BCUT2D eigenvalue weighted by molar-refractivity contribution is 9.10. The molecule has 0 spiro atoms. The molecule has 0 saturated carbocycles. The van der Waals surface area contributed by atoms with Crippen LogP contribution in [0.4, 0.5) is 0 Å². The molecule has 3 rings (SSSR count). The first-order chi connectivity index (χ1) is 12.7. The van der Waals surface area contributed by atoms with E-state index in [1.807, 2.05) is 0 Å². The molecule has 1 fully saturated rings. The lowest BCUT2D eigenvalue weighted by molar-refractivity contribution is 0.567. The zero-order valence-corrected chi connectivity index (χ0v) is 18.5. The smallest absolute Gasteiger partial charge is 0.0808 e. The molecule has 2 aromatic rings. The van der Waals surface area contributed by atoms with Crippen molar-refractivity contribution in [2.75, 3.05) is 0 Å². The van der Waals surface area contributed by atoms with Crippen molar-refractivity contribution in [2.24, 2.45) is 5.92 Å². The Morgan fingerprint density at radius 3 is 2.31 bits per heavy atom. The monoisotopic (exact) mass is 426 g/mol. The fourth-order valence-electron chi connectivity index (χ4n) is 4.39. The van der Waals surface area contributed by atoms with Gasteiger partial charge in [0, 0.05) is 4.47 Å². The van der Waals surface area contributed by atoms with Gasteiger partial charge in [-0.25, -0.2) is 0 Å². The van der Waals surface area contributed by atoms with Gasteiger partial charge in [-0.2, -0.15) is 0 Å². The second kappa shape index (κ2) is 9.71. The molecule has 1 aliphatic heterocycles. The minimum absolute atomic E-state index is 0.758. The van der Waals surface area contributed by atoms with Crippen molar-refractivity contribution >= 4 is 35.3 Å². The Bertz CT molecular complexity index is 682. The first kappa shape index (κ1) is 19.6. The van der Waals surface area contributed by atoms with Crippen LogP contribution >= 0.6 is 15.9 Å². The Kier molecular flexibility index (Phi) is 7.33. The molecule has 1 aliphatic rings. The van der Waals surface area contributed by atoms with E-state index in [1.54, 1.807) is 5.19 Å². The number of hydrogen-bond acceptors (Lipinski definition) is 0. The summed E-state index contributed by atoms with van der Waals surface area (Å²) in [7, 11) is -1.29. The molecule has 0 aromatic heterocycles. The maximum absolute atomic E-state index is 3.51. The number of benzene rings is 2. The second-order valence-corrected chi connectivity index (χ2v) is 13.4. The van der Waals surface area contributed by atoms with Crippen LogP contribution in [0.15, 0.2) is 65.1 Å². The van der Waals surface area contributed by atoms with Gasteiger partial charge in [-0.15, -0.1) is 0 Å². The zero-order chi connectivity index (χ0) is 18.2. The minimum atomic E-state index is -1.29. The van der Waals surface area contributed by atoms with Gasteiger partial charge in [0.15, 0.2) is 0 Å². The minimum Gasteiger partial charge on any atom is -0.0808 e. The van der Waals surface area contributed by atoms with Crippen molar-refractivity contribution < 1.29 is 0 Å². The highest BCUT2D eigenvalue weighted by Gasteiger charge is 2.37. The Balaban J connectivity index is 1.65. The lowest BCUT2D eigenvalue weighted by Gasteiger charge is -2.38. The molecule has 0 atom stereocenters. The molecule has 0 amide bonds. The average molecular weight is 428 g/mol. The first-order valence-corrected chi connectivity index (χ1v) is 13.6. The molecule has 0 radical (unpaired) electrons. The van der Waals surface area contributed by atoms with Gasteiger partial charge in [0.25, 0.3) is 0 Å². The fourth-order valence-corrected chi connectivity index (χ4v) is 9.95. The SMILES string of the molecule is CCCCC[Si]1(c2ccccc2)CCC(/C=C/c2ccc(Br)cc2)CC1. The van der Waals surface area contributed by atoms with E-state index in [4.69, 9.17) is 0 Å². The Hall–Kier alpha value is -1.12. The normalized spacial score (nSPS) is 23.4. The van der Waals surface area contributed by atoms with E-state index in [1.165, 1.54) is 55.8 Å². The van der Waals surface area contributed by atoms with Crippen LogP contribution in [-0.4, -0.2) is 8.07 Å². The van der Waals surface area contributed by atoms with Crippen LogP contribution in [0.25, 0.3) is 6.08 Å². The van der Waals surface area contributed by atoms with Crippen LogP contribution in [0, 0.1) is 5.92 Å². The number of halogens is 1. The average Bonchev–Trinajstić information content (AvgIpc) is 2.69. The summed E-state index contributed by atoms with van der Waals surface area (Å²) in [4.78, 5) is 0. The molecule has 0 nitrogen and oxygen atoms in total. The molecule has 2 heteroatoms. The third kappa shape index (κ3) is 5.20. The maximum Gasteiger partial charge on any atom is 0.0867 e. The van der Waals surface area contributed by atoms with Gasteiger partial charge in [-0.1, -0.05) is 120 Å². The zero-order valence-electron chi connectivity index (χ0n) is 16.0. The van der Waals surface area contributed by atoms with Crippen LogP contribution in [0.1, 0.15) is 44.6 Å². The Morgan fingerprint density at radius 1 is 0.962 bits per heavy atom. The molecule has 0 N–H and O–H groups in total. The van der Waals surface area contributed by atoms with E-state index in [0.717, 1.165) is 10.4 Å². The molecule has 26 heavy (non-hydrogen) atoms. The van der Waals surface area contributed by atoms with Gasteiger partial charge in [0.2, 0.25) is 0 Å². The molecule has 138 valence electrons. The summed E-state index contributed by atoms with van der Waals surface area (Å²) in [5.41, 5.74) is 1.31. The van der Waals surface area contributed by atoms with Crippen molar-refractivity contribution in [1.82, 2.24) is 0 Å². The highest BCUT2D eigenvalue weighted by atomic mass is 79.9.